The van der Waals surface area contributed by atoms with Crippen LogP contribution in [-0.2, 0) is 11.3 Å². The summed E-state index contributed by atoms with van der Waals surface area (Å²) in [6, 6.07) is 4.53. The molecule has 0 fully saturated rings. The van der Waals surface area contributed by atoms with E-state index >= 15 is 0 Å². The minimum Gasteiger partial charge on any atom is -0.493 e. The number of rotatable bonds is 7. The number of ether oxygens (including phenoxy) is 2. The summed E-state index contributed by atoms with van der Waals surface area (Å²) in [5, 5.41) is 17.9. The molecule has 1 rings (SSSR count). The van der Waals surface area contributed by atoms with Gasteiger partial charge >= 0.3 is 5.97 Å². The molecule has 5 nitrogen and oxygen atoms in total. The lowest BCUT2D eigenvalue weighted by atomic mass is 10.1. The fourth-order valence-electron chi connectivity index (χ4n) is 1.35. The molecule has 1 aromatic rings. The molecule has 0 radical (unpaired) electrons. The van der Waals surface area contributed by atoms with Crippen LogP contribution in [0, 0.1) is 0 Å². The average Bonchev–Trinajstić information content (AvgIpc) is 2.34. The maximum atomic E-state index is 10.9. The Labute approximate surface area is 99.6 Å². The lowest BCUT2D eigenvalue weighted by molar-refractivity contribution is 0.0691. The molecule has 0 saturated heterocycles. The van der Waals surface area contributed by atoms with Gasteiger partial charge in [-0.1, -0.05) is 6.07 Å². The zero-order chi connectivity index (χ0) is 12.7. The summed E-state index contributed by atoms with van der Waals surface area (Å²) < 4.78 is 10.2. The Bertz CT molecular complexity index is 375. The highest BCUT2D eigenvalue weighted by molar-refractivity contribution is 5.90. The molecule has 0 unspecified atom stereocenters. The van der Waals surface area contributed by atoms with E-state index in [1.807, 2.05) is 0 Å². The standard InChI is InChI=1S/C12H16O5/c1-16-5-2-6-17-11-7-9(8-13)3-4-10(11)12(14)15/h3-4,7,13H,2,5-6,8H2,1H3,(H,14,15). The second kappa shape index (κ2) is 6.88. The summed E-state index contributed by atoms with van der Waals surface area (Å²) in [6.45, 7) is 0.791. The van der Waals surface area contributed by atoms with E-state index in [1.165, 1.54) is 12.1 Å². The van der Waals surface area contributed by atoms with E-state index in [0.29, 0.717) is 25.2 Å². The number of benzene rings is 1. The molecule has 5 heteroatoms. The molecule has 0 aromatic heterocycles. The third-order valence-corrected chi connectivity index (χ3v) is 2.21. The fourth-order valence-corrected chi connectivity index (χ4v) is 1.35. The van der Waals surface area contributed by atoms with Crippen molar-refractivity contribution >= 4 is 5.97 Å². The van der Waals surface area contributed by atoms with Crippen LogP contribution < -0.4 is 4.74 Å². The van der Waals surface area contributed by atoms with Gasteiger partial charge < -0.3 is 19.7 Å². The van der Waals surface area contributed by atoms with E-state index in [-0.39, 0.29) is 17.9 Å². The zero-order valence-electron chi connectivity index (χ0n) is 9.68. The third-order valence-electron chi connectivity index (χ3n) is 2.21. The fraction of sp³-hybridized carbons (Fsp3) is 0.417. The monoisotopic (exact) mass is 240 g/mol. The van der Waals surface area contributed by atoms with Gasteiger partial charge in [-0.2, -0.15) is 0 Å². The Hall–Kier alpha value is -1.59. The van der Waals surface area contributed by atoms with Crippen LogP contribution in [0.3, 0.4) is 0 Å². The van der Waals surface area contributed by atoms with Crippen molar-refractivity contribution in [3.8, 4) is 5.75 Å². The van der Waals surface area contributed by atoms with Crippen LogP contribution >= 0.6 is 0 Å². The molecule has 0 atom stereocenters. The predicted octanol–water partition coefficient (Wildman–Crippen LogP) is 1.29. The van der Waals surface area contributed by atoms with Crippen molar-refractivity contribution < 1.29 is 24.5 Å². The number of aliphatic hydroxyl groups is 1. The minimum atomic E-state index is -1.05. The van der Waals surface area contributed by atoms with E-state index in [2.05, 4.69) is 0 Å². The van der Waals surface area contributed by atoms with Gasteiger partial charge in [-0.3, -0.25) is 0 Å². The Morgan fingerprint density at radius 1 is 1.35 bits per heavy atom. The SMILES string of the molecule is COCCCOc1cc(CO)ccc1C(=O)O. The summed E-state index contributed by atoms with van der Waals surface area (Å²) in [5.41, 5.74) is 0.719. The van der Waals surface area contributed by atoms with E-state index < -0.39 is 5.97 Å². The van der Waals surface area contributed by atoms with Crippen molar-refractivity contribution in [2.24, 2.45) is 0 Å². The smallest absolute Gasteiger partial charge is 0.339 e. The summed E-state index contributed by atoms with van der Waals surface area (Å²) in [6.07, 6.45) is 0.679. The van der Waals surface area contributed by atoms with Crippen molar-refractivity contribution in [2.75, 3.05) is 20.3 Å². The highest BCUT2D eigenvalue weighted by atomic mass is 16.5. The molecule has 0 aliphatic rings. The van der Waals surface area contributed by atoms with E-state index in [0.717, 1.165) is 0 Å². The number of aromatic carboxylic acids is 1. The molecule has 0 bridgehead atoms. The molecule has 1 aromatic carbocycles. The van der Waals surface area contributed by atoms with Crippen molar-refractivity contribution in [3.05, 3.63) is 29.3 Å². The molecular formula is C12H16O5. The first-order valence-electron chi connectivity index (χ1n) is 5.28. The van der Waals surface area contributed by atoms with Crippen molar-refractivity contribution in [3.63, 3.8) is 0 Å². The van der Waals surface area contributed by atoms with E-state index in [4.69, 9.17) is 19.7 Å². The molecule has 17 heavy (non-hydrogen) atoms. The number of carbonyl (C=O) groups is 1. The molecule has 0 heterocycles. The van der Waals surface area contributed by atoms with Crippen LogP contribution in [0.4, 0.5) is 0 Å². The molecule has 0 aliphatic heterocycles. The zero-order valence-corrected chi connectivity index (χ0v) is 9.68. The van der Waals surface area contributed by atoms with E-state index in [9.17, 15) is 4.79 Å². The first-order valence-corrected chi connectivity index (χ1v) is 5.28. The largest absolute Gasteiger partial charge is 0.493 e. The van der Waals surface area contributed by atoms with Crippen LogP contribution in [0.1, 0.15) is 22.3 Å². The predicted molar refractivity (Wildman–Crippen MR) is 61.3 cm³/mol. The number of aliphatic hydroxyl groups excluding tert-OH is 1. The van der Waals surface area contributed by atoms with Gasteiger partial charge in [0.25, 0.3) is 0 Å². The van der Waals surface area contributed by atoms with Crippen molar-refractivity contribution in [1.82, 2.24) is 0 Å². The normalized spacial score (nSPS) is 10.2. The van der Waals surface area contributed by atoms with Gasteiger partial charge in [-0.15, -0.1) is 0 Å². The lowest BCUT2D eigenvalue weighted by Crippen LogP contribution is -2.06. The molecule has 0 amide bonds. The second-order valence-corrected chi connectivity index (χ2v) is 3.49. The third kappa shape index (κ3) is 4.05. The highest BCUT2D eigenvalue weighted by Crippen LogP contribution is 2.21. The molecule has 0 aliphatic carbocycles. The number of hydrogen-bond acceptors (Lipinski definition) is 4. The van der Waals surface area contributed by atoms with Crippen molar-refractivity contribution in [2.45, 2.75) is 13.0 Å². The molecule has 94 valence electrons. The van der Waals surface area contributed by atoms with Crippen LogP contribution in [-0.4, -0.2) is 36.5 Å². The van der Waals surface area contributed by atoms with Gasteiger partial charge in [0.05, 0.1) is 13.2 Å². The molecular weight excluding hydrogens is 224 g/mol. The van der Waals surface area contributed by atoms with E-state index in [1.54, 1.807) is 13.2 Å². The summed E-state index contributed by atoms with van der Waals surface area (Å²) in [4.78, 5) is 10.9. The first kappa shape index (κ1) is 13.5. The topological polar surface area (TPSA) is 76.0 Å². The van der Waals surface area contributed by atoms with Crippen molar-refractivity contribution in [1.29, 1.82) is 0 Å². The van der Waals surface area contributed by atoms with Gasteiger partial charge in [0.2, 0.25) is 0 Å². The van der Waals surface area contributed by atoms with Gasteiger partial charge in [0, 0.05) is 20.1 Å². The Morgan fingerprint density at radius 3 is 2.71 bits per heavy atom. The summed E-state index contributed by atoms with van der Waals surface area (Å²) in [7, 11) is 1.59. The summed E-state index contributed by atoms with van der Waals surface area (Å²) in [5.74, 6) is -0.767. The lowest BCUT2D eigenvalue weighted by Gasteiger charge is -2.10. The van der Waals surface area contributed by atoms with Gasteiger partial charge in [-0.05, 0) is 17.7 Å². The van der Waals surface area contributed by atoms with Crippen LogP contribution in [0.2, 0.25) is 0 Å². The molecule has 2 N–H and O–H groups in total. The number of hydrogen-bond donors (Lipinski definition) is 2. The molecule has 0 saturated carbocycles. The molecule has 0 spiro atoms. The number of carboxylic acid groups (broad SMARTS) is 1. The van der Waals surface area contributed by atoms with Gasteiger partial charge in [0.1, 0.15) is 11.3 Å². The first-order chi connectivity index (χ1) is 8.19. The highest BCUT2D eigenvalue weighted by Gasteiger charge is 2.11. The Morgan fingerprint density at radius 2 is 2.12 bits per heavy atom. The second-order valence-electron chi connectivity index (χ2n) is 3.49. The quantitative estimate of drug-likeness (QED) is 0.702. The van der Waals surface area contributed by atoms with Gasteiger partial charge in [-0.25, -0.2) is 4.79 Å². The number of carboxylic acids is 1. The van der Waals surface area contributed by atoms with Gasteiger partial charge in [0.15, 0.2) is 0 Å². The van der Waals surface area contributed by atoms with Crippen LogP contribution in [0.5, 0.6) is 5.75 Å². The maximum Gasteiger partial charge on any atom is 0.339 e. The van der Waals surface area contributed by atoms with Crippen LogP contribution in [0.25, 0.3) is 0 Å². The summed E-state index contributed by atoms with van der Waals surface area (Å²) >= 11 is 0. The average molecular weight is 240 g/mol. The Kier molecular flexibility index (Phi) is 5.45. The Balaban J connectivity index is 2.75. The van der Waals surface area contributed by atoms with Crippen LogP contribution in [0.15, 0.2) is 18.2 Å². The maximum absolute atomic E-state index is 10.9. The number of methoxy groups -OCH3 is 1. The minimum absolute atomic E-state index is 0.0969.